The molecule has 0 bridgehead atoms. The fraction of sp³-hybridized carbons (Fsp3) is 0.885. The molecule has 5 unspecified atom stereocenters. The highest BCUT2D eigenvalue weighted by Crippen LogP contribution is 2.71. The van der Waals surface area contributed by atoms with E-state index in [0.717, 1.165) is 44.9 Å². The first kappa shape index (κ1) is 22.2. The third-order valence-electron chi connectivity index (χ3n) is 11.0. The van der Waals surface area contributed by atoms with Gasteiger partial charge in [0.25, 0.3) is 6.47 Å². The molecule has 1 aliphatic heterocycles. The molecule has 0 amide bonds. The monoisotopic (exact) mass is 446 g/mol. The Morgan fingerprint density at radius 2 is 1.97 bits per heavy atom. The summed E-state index contributed by atoms with van der Waals surface area (Å²) in [5.41, 5.74) is 0.301. The summed E-state index contributed by atoms with van der Waals surface area (Å²) in [6.07, 6.45) is 7.76. The van der Waals surface area contributed by atoms with E-state index in [1.54, 1.807) is 0 Å². The van der Waals surface area contributed by atoms with E-state index in [4.69, 9.17) is 9.47 Å². The largest absolute Gasteiger partial charge is 0.481 e. The van der Waals surface area contributed by atoms with Gasteiger partial charge in [-0.2, -0.15) is 0 Å². The number of fused-ring (bicyclic) bond motifs is 2. The lowest BCUT2D eigenvalue weighted by Gasteiger charge is -2.64. The average molecular weight is 447 g/mol. The SMILES string of the molecule is CC(CCC(=O)O)[C@H]1CC2C(=O)O[C@H]3C[C@@H]4CC(OC=O)CC[C@]4(C)C4CC[C@@]1(C)C2[C@@H]43. The van der Waals surface area contributed by atoms with Crippen LogP contribution in [0.2, 0.25) is 0 Å². The van der Waals surface area contributed by atoms with Gasteiger partial charge >= 0.3 is 11.9 Å². The molecule has 4 saturated carbocycles. The van der Waals surface area contributed by atoms with Crippen LogP contribution in [0.15, 0.2) is 0 Å². The Hall–Kier alpha value is -1.59. The van der Waals surface area contributed by atoms with Crippen LogP contribution in [0.5, 0.6) is 0 Å². The molecule has 0 aromatic carbocycles. The van der Waals surface area contributed by atoms with Crippen LogP contribution in [-0.2, 0) is 23.9 Å². The van der Waals surface area contributed by atoms with Crippen molar-refractivity contribution in [3.63, 3.8) is 0 Å². The van der Waals surface area contributed by atoms with Gasteiger partial charge in [-0.15, -0.1) is 0 Å². The van der Waals surface area contributed by atoms with Crippen molar-refractivity contribution in [3.8, 4) is 0 Å². The normalized spacial score (nSPS) is 49.9. The summed E-state index contributed by atoms with van der Waals surface area (Å²) in [6, 6.07) is 0. The van der Waals surface area contributed by atoms with E-state index < -0.39 is 5.97 Å². The van der Waals surface area contributed by atoms with Gasteiger partial charge in [-0.05, 0) is 91.8 Å². The number of carboxylic acid groups (broad SMARTS) is 1. The van der Waals surface area contributed by atoms with Crippen LogP contribution in [0, 0.1) is 52.3 Å². The first-order valence-corrected chi connectivity index (χ1v) is 12.7. The van der Waals surface area contributed by atoms with Crippen LogP contribution in [0.1, 0.15) is 78.6 Å². The second kappa shape index (κ2) is 7.73. The van der Waals surface area contributed by atoms with E-state index in [1.807, 2.05) is 0 Å². The molecule has 0 spiro atoms. The highest BCUT2D eigenvalue weighted by atomic mass is 16.5. The molecule has 5 rings (SSSR count). The Morgan fingerprint density at radius 3 is 2.69 bits per heavy atom. The lowest BCUT2D eigenvalue weighted by molar-refractivity contribution is -0.223. The van der Waals surface area contributed by atoms with Crippen molar-refractivity contribution in [2.45, 2.75) is 90.8 Å². The lowest BCUT2D eigenvalue weighted by atomic mass is 9.42. The summed E-state index contributed by atoms with van der Waals surface area (Å²) in [4.78, 5) is 35.3. The third kappa shape index (κ3) is 3.14. The zero-order chi connectivity index (χ0) is 22.8. The number of hydrogen-bond acceptors (Lipinski definition) is 5. The first-order chi connectivity index (χ1) is 15.2. The fourth-order valence-corrected chi connectivity index (χ4v) is 9.54. The predicted octanol–water partition coefficient (Wildman–Crippen LogP) is 4.45. The molecular formula is C26H38O6. The van der Waals surface area contributed by atoms with Crippen molar-refractivity contribution in [1.82, 2.24) is 0 Å². The first-order valence-electron chi connectivity index (χ1n) is 12.7. The van der Waals surface area contributed by atoms with Crippen molar-refractivity contribution < 1.29 is 29.0 Å². The number of carbonyl (C=O) groups excluding carboxylic acids is 2. The van der Waals surface area contributed by atoms with Gasteiger partial charge in [0.15, 0.2) is 0 Å². The third-order valence-corrected chi connectivity index (χ3v) is 11.0. The van der Waals surface area contributed by atoms with Crippen molar-refractivity contribution in [1.29, 1.82) is 0 Å². The summed E-state index contributed by atoms with van der Waals surface area (Å²) < 4.78 is 11.5. The number of rotatable bonds is 6. The lowest BCUT2D eigenvalue weighted by Crippen LogP contribution is -2.62. The molecule has 178 valence electrons. The highest BCUT2D eigenvalue weighted by molar-refractivity contribution is 5.75. The summed E-state index contributed by atoms with van der Waals surface area (Å²) >= 11 is 0. The van der Waals surface area contributed by atoms with Crippen molar-refractivity contribution in [3.05, 3.63) is 0 Å². The molecule has 1 heterocycles. The van der Waals surface area contributed by atoms with Crippen molar-refractivity contribution in [2.24, 2.45) is 52.3 Å². The average Bonchev–Trinajstić information content (AvgIpc) is 3.06. The Morgan fingerprint density at radius 1 is 1.22 bits per heavy atom. The smallest absolute Gasteiger partial charge is 0.309 e. The second-order valence-corrected chi connectivity index (χ2v) is 12.2. The van der Waals surface area contributed by atoms with Gasteiger partial charge in [-0.1, -0.05) is 20.8 Å². The van der Waals surface area contributed by atoms with Crippen molar-refractivity contribution >= 4 is 18.4 Å². The molecule has 6 heteroatoms. The molecular weight excluding hydrogens is 408 g/mol. The van der Waals surface area contributed by atoms with E-state index in [-0.39, 0.29) is 41.3 Å². The maximum absolute atomic E-state index is 13.2. The molecule has 11 atom stereocenters. The maximum Gasteiger partial charge on any atom is 0.309 e. The number of ether oxygens (including phenoxy) is 2. The number of hydrogen-bond donors (Lipinski definition) is 1. The van der Waals surface area contributed by atoms with Gasteiger partial charge in [0.2, 0.25) is 0 Å². The quantitative estimate of drug-likeness (QED) is 0.479. The summed E-state index contributed by atoms with van der Waals surface area (Å²) in [5, 5.41) is 9.19. The molecule has 6 nitrogen and oxygen atoms in total. The minimum Gasteiger partial charge on any atom is -0.481 e. The molecule has 32 heavy (non-hydrogen) atoms. The van der Waals surface area contributed by atoms with Crippen LogP contribution in [0.4, 0.5) is 0 Å². The summed E-state index contributed by atoms with van der Waals surface area (Å²) in [6.45, 7) is 7.62. The van der Waals surface area contributed by atoms with E-state index in [0.29, 0.717) is 48.4 Å². The minimum absolute atomic E-state index is 0.00559. The van der Waals surface area contributed by atoms with Crippen LogP contribution in [0.25, 0.3) is 0 Å². The van der Waals surface area contributed by atoms with Crippen LogP contribution in [-0.4, -0.2) is 35.7 Å². The van der Waals surface area contributed by atoms with Gasteiger partial charge in [-0.25, -0.2) is 0 Å². The fourth-order valence-electron chi connectivity index (χ4n) is 9.54. The van der Waals surface area contributed by atoms with Crippen LogP contribution < -0.4 is 0 Å². The van der Waals surface area contributed by atoms with Gasteiger partial charge in [-0.3, -0.25) is 14.4 Å². The molecule has 4 aliphatic carbocycles. The zero-order valence-corrected chi connectivity index (χ0v) is 19.6. The Labute approximate surface area is 190 Å². The minimum atomic E-state index is -0.735. The Kier molecular flexibility index (Phi) is 5.37. The summed E-state index contributed by atoms with van der Waals surface area (Å²) in [5.74, 6) is 1.63. The number of carboxylic acids is 1. The molecule has 0 radical (unpaired) electrons. The molecule has 1 saturated heterocycles. The molecule has 0 aromatic heterocycles. The van der Waals surface area contributed by atoms with Crippen LogP contribution in [0.3, 0.4) is 0 Å². The van der Waals surface area contributed by atoms with Gasteiger partial charge in [0, 0.05) is 12.3 Å². The molecule has 1 N–H and O–H groups in total. The number of aliphatic carboxylic acids is 1. The molecule has 0 aromatic rings. The Balaban J connectivity index is 1.44. The van der Waals surface area contributed by atoms with Gasteiger partial charge in [0.1, 0.15) is 12.2 Å². The van der Waals surface area contributed by atoms with E-state index in [9.17, 15) is 19.5 Å². The summed E-state index contributed by atoms with van der Waals surface area (Å²) in [7, 11) is 0. The van der Waals surface area contributed by atoms with E-state index in [1.165, 1.54) is 0 Å². The zero-order valence-electron chi connectivity index (χ0n) is 19.6. The van der Waals surface area contributed by atoms with Crippen molar-refractivity contribution in [2.75, 3.05) is 0 Å². The van der Waals surface area contributed by atoms with E-state index >= 15 is 0 Å². The number of esters is 1. The van der Waals surface area contributed by atoms with Crippen LogP contribution >= 0.6 is 0 Å². The topological polar surface area (TPSA) is 89.9 Å². The highest BCUT2D eigenvalue weighted by Gasteiger charge is 2.69. The van der Waals surface area contributed by atoms with Gasteiger partial charge < -0.3 is 14.6 Å². The second-order valence-electron chi connectivity index (χ2n) is 12.2. The Bertz CT molecular complexity index is 795. The van der Waals surface area contributed by atoms with E-state index in [2.05, 4.69) is 20.8 Å². The number of carbonyl (C=O) groups is 3. The predicted molar refractivity (Wildman–Crippen MR) is 116 cm³/mol. The van der Waals surface area contributed by atoms with Gasteiger partial charge in [0.05, 0.1) is 5.92 Å². The molecule has 5 aliphatic rings. The molecule has 5 fully saturated rings. The maximum atomic E-state index is 13.2. The standard InChI is InChI=1S/C26H38O6/c1-14(4-5-21(28)29)19-12-17-23-22-18(7-9-26(19,23)3)25(2)8-6-16(31-13-27)10-15(25)11-20(22)32-24(17)30/h13-20,22-23H,4-12H2,1-3H3,(H,28,29)/t14?,15-,16?,17?,18?,19+,20-,22-,23?,25-,26+/m0/s1.